The first-order chi connectivity index (χ1) is 41.7. The van der Waals surface area contributed by atoms with Crippen molar-refractivity contribution in [2.75, 3.05) is 0 Å². The Bertz CT molecular complexity index is 5350. The maximum Gasteiger partial charge on any atom is 0.160 e. The molecular formula is C78H46N6. The number of hydrogen-bond acceptors (Lipinski definition) is 4. The maximum absolute atomic E-state index is 5.82. The van der Waals surface area contributed by atoms with Crippen molar-refractivity contribution < 1.29 is 0 Å². The van der Waals surface area contributed by atoms with Gasteiger partial charge in [-0.1, -0.05) is 212 Å². The average Bonchev–Trinajstić information content (AvgIpc) is 2.18. The smallest absolute Gasteiger partial charge is 0.160 e. The second-order valence-electron chi connectivity index (χ2n) is 22.0. The molecule has 16 aromatic rings. The summed E-state index contributed by atoms with van der Waals surface area (Å²) in [6.07, 6.45) is 0. The zero-order valence-corrected chi connectivity index (χ0v) is 45.2. The van der Waals surface area contributed by atoms with Crippen molar-refractivity contribution in [2.24, 2.45) is 0 Å². The van der Waals surface area contributed by atoms with E-state index in [4.69, 9.17) is 19.9 Å². The summed E-state index contributed by atoms with van der Waals surface area (Å²) < 4.78 is 4.52. The predicted molar refractivity (Wildman–Crippen MR) is 345 cm³/mol. The lowest BCUT2D eigenvalue weighted by atomic mass is 9.88. The van der Waals surface area contributed by atoms with E-state index in [1.807, 2.05) is 6.07 Å². The van der Waals surface area contributed by atoms with Crippen LogP contribution < -0.4 is 0 Å². The highest BCUT2D eigenvalue weighted by atomic mass is 15.1. The Morgan fingerprint density at radius 1 is 0.238 bits per heavy atom. The monoisotopic (exact) mass is 1070 g/mol. The van der Waals surface area contributed by atoms with Crippen LogP contribution in [0.1, 0.15) is 0 Å². The molecule has 6 heteroatoms. The van der Waals surface area contributed by atoms with Crippen LogP contribution in [0.15, 0.2) is 279 Å². The van der Waals surface area contributed by atoms with Gasteiger partial charge in [-0.05, 0) is 149 Å². The van der Waals surface area contributed by atoms with Crippen LogP contribution in [-0.2, 0) is 0 Å². The van der Waals surface area contributed by atoms with E-state index >= 15 is 0 Å². The van der Waals surface area contributed by atoms with Gasteiger partial charge in [-0.15, -0.1) is 0 Å². The molecule has 13 aromatic carbocycles. The van der Waals surface area contributed by atoms with Crippen LogP contribution in [0.3, 0.4) is 0 Å². The number of aromatic nitrogens is 6. The summed E-state index contributed by atoms with van der Waals surface area (Å²) in [5, 5.41) is 5.87. The first-order valence-corrected chi connectivity index (χ1v) is 28.6. The molecule has 0 saturated heterocycles. The zero-order valence-electron chi connectivity index (χ0n) is 45.2. The van der Waals surface area contributed by atoms with Gasteiger partial charge in [-0.3, -0.25) is 9.13 Å². The van der Waals surface area contributed by atoms with Crippen molar-refractivity contribution in [3.63, 3.8) is 0 Å². The van der Waals surface area contributed by atoms with Crippen molar-refractivity contribution in [3.05, 3.63) is 279 Å². The molecule has 3 aromatic heterocycles. The van der Waals surface area contributed by atoms with Gasteiger partial charge in [0.05, 0.1) is 33.3 Å². The molecule has 0 bridgehead atoms. The largest absolute Gasteiger partial charge is 0.292 e. The van der Waals surface area contributed by atoms with Crippen LogP contribution in [-0.4, -0.2) is 29.1 Å². The number of benzene rings is 13. The second-order valence-corrected chi connectivity index (χ2v) is 22.0. The van der Waals surface area contributed by atoms with Gasteiger partial charge in [0.1, 0.15) is 11.6 Å². The third-order valence-electron chi connectivity index (χ3n) is 17.4. The molecule has 0 unspecified atom stereocenters. The SMILES string of the molecule is c1ccc(-c2nc3cc(-c4nc(-c5ccc6c(c5)nc(-c5ccccc5)n6-c5ccccc5)c5cc(-c6ccc7c8c(cccc68)-c6ccccc6-7)cc(-c6ccc7c8c(cccc68)-c6ccccc6-7)c5n4)ccc3n2-c2ccccc2)cc1. The molecule has 0 radical (unpaired) electrons. The van der Waals surface area contributed by atoms with Gasteiger partial charge in [-0.2, -0.15) is 0 Å². The Labute approximate surface area is 483 Å². The number of rotatable bonds is 8. The first kappa shape index (κ1) is 46.4. The summed E-state index contributed by atoms with van der Waals surface area (Å²) in [7, 11) is 0. The van der Waals surface area contributed by atoms with E-state index < -0.39 is 0 Å². The third kappa shape index (κ3) is 6.92. The van der Waals surface area contributed by atoms with Crippen LogP contribution in [0.4, 0.5) is 0 Å². The summed E-state index contributed by atoms with van der Waals surface area (Å²) in [5.41, 5.74) is 25.8. The van der Waals surface area contributed by atoms with Gasteiger partial charge >= 0.3 is 0 Å². The summed E-state index contributed by atoms with van der Waals surface area (Å²) in [6.45, 7) is 0. The molecule has 0 N–H and O–H groups in total. The second kappa shape index (κ2) is 18.1. The van der Waals surface area contributed by atoms with E-state index in [1.165, 1.54) is 66.1 Å². The Morgan fingerprint density at radius 2 is 0.667 bits per heavy atom. The molecule has 18 rings (SSSR count). The molecule has 0 fully saturated rings. The van der Waals surface area contributed by atoms with E-state index in [0.717, 1.165) is 106 Å². The normalized spacial score (nSPS) is 12.0. The quantitative estimate of drug-likeness (QED) is 0.152. The molecule has 2 aliphatic carbocycles. The minimum Gasteiger partial charge on any atom is -0.292 e. The van der Waals surface area contributed by atoms with Crippen molar-refractivity contribution in [2.45, 2.75) is 0 Å². The topological polar surface area (TPSA) is 61.4 Å². The van der Waals surface area contributed by atoms with Crippen molar-refractivity contribution in [3.8, 4) is 124 Å². The first-order valence-electron chi connectivity index (χ1n) is 28.6. The standard InChI is InChI=1S/C78H46N6/c1-5-19-47(20-6-1)77-79-68-45-49(35-41-70(68)83(77)52-23-9-3-10-24-52)74-67-44-51(54-37-39-64-57-29-15-13-27-55(57)61-32-17-31-60(54)72(61)64)43-66(59-38-40-65-58-30-16-14-28-56(58)62-33-18-34-63(59)73(62)65)75(67)82-76(81-74)50-36-42-71-69(46-50)80-78(48-21-7-2-8-22-48)84(71)53-25-11-4-12-26-53/h1-46H. The molecule has 84 heavy (non-hydrogen) atoms. The Morgan fingerprint density at radius 3 is 1.20 bits per heavy atom. The van der Waals surface area contributed by atoms with E-state index in [1.54, 1.807) is 0 Å². The van der Waals surface area contributed by atoms with Gasteiger partial charge in [0.25, 0.3) is 0 Å². The minimum atomic E-state index is 0.602. The fourth-order valence-electron chi connectivity index (χ4n) is 13.7. The van der Waals surface area contributed by atoms with Crippen LogP contribution in [0.25, 0.3) is 178 Å². The summed E-state index contributed by atoms with van der Waals surface area (Å²) in [4.78, 5) is 22.5. The van der Waals surface area contributed by atoms with Crippen molar-refractivity contribution in [1.82, 2.24) is 29.1 Å². The summed E-state index contributed by atoms with van der Waals surface area (Å²) >= 11 is 0. The fourth-order valence-corrected chi connectivity index (χ4v) is 13.7. The number of imidazole rings is 2. The van der Waals surface area contributed by atoms with Gasteiger partial charge in [-0.25, -0.2) is 19.9 Å². The van der Waals surface area contributed by atoms with E-state index in [-0.39, 0.29) is 0 Å². The molecule has 2 aliphatic rings. The molecule has 6 nitrogen and oxygen atoms in total. The Kier molecular flexibility index (Phi) is 9.99. The predicted octanol–water partition coefficient (Wildman–Crippen LogP) is 19.9. The van der Waals surface area contributed by atoms with Crippen LogP contribution >= 0.6 is 0 Å². The minimum absolute atomic E-state index is 0.602. The van der Waals surface area contributed by atoms with Gasteiger partial charge < -0.3 is 0 Å². The third-order valence-corrected chi connectivity index (χ3v) is 17.4. The zero-order chi connectivity index (χ0) is 55.0. The van der Waals surface area contributed by atoms with Crippen LogP contribution in [0.5, 0.6) is 0 Å². The van der Waals surface area contributed by atoms with Crippen LogP contribution in [0.2, 0.25) is 0 Å². The Hall–Kier alpha value is -11.3. The molecule has 3 heterocycles. The molecule has 0 atom stereocenters. The van der Waals surface area contributed by atoms with E-state index in [9.17, 15) is 0 Å². The molecule has 0 amide bonds. The number of fused-ring (bicyclic) bond motifs is 9. The summed E-state index contributed by atoms with van der Waals surface area (Å²) in [6, 6.07) is 100. The highest BCUT2D eigenvalue weighted by Gasteiger charge is 2.28. The van der Waals surface area contributed by atoms with E-state index in [0.29, 0.717) is 5.82 Å². The Balaban J connectivity index is 0.939. The van der Waals surface area contributed by atoms with Crippen LogP contribution in [0, 0.1) is 0 Å². The highest BCUT2D eigenvalue weighted by Crippen LogP contribution is 2.53. The van der Waals surface area contributed by atoms with E-state index in [2.05, 4.69) is 282 Å². The summed E-state index contributed by atoms with van der Waals surface area (Å²) in [5.74, 6) is 2.33. The number of hydrogen-bond donors (Lipinski definition) is 0. The lowest BCUT2D eigenvalue weighted by molar-refractivity contribution is 1.10. The lowest BCUT2D eigenvalue weighted by Gasteiger charge is -2.18. The fraction of sp³-hybridized carbons (Fsp3) is 0. The lowest BCUT2D eigenvalue weighted by Crippen LogP contribution is -1.99. The van der Waals surface area contributed by atoms with Gasteiger partial charge in [0.15, 0.2) is 5.82 Å². The molecule has 0 saturated carbocycles. The number of para-hydroxylation sites is 2. The molecule has 0 aliphatic heterocycles. The van der Waals surface area contributed by atoms with Crippen molar-refractivity contribution >= 4 is 54.5 Å². The maximum atomic E-state index is 5.82. The van der Waals surface area contributed by atoms with Gasteiger partial charge in [0.2, 0.25) is 0 Å². The molecular weight excluding hydrogens is 1020 g/mol. The molecule has 388 valence electrons. The highest BCUT2D eigenvalue weighted by molar-refractivity contribution is 6.22. The van der Waals surface area contributed by atoms with Crippen molar-refractivity contribution in [1.29, 1.82) is 0 Å². The number of nitrogens with zero attached hydrogens (tertiary/aromatic N) is 6. The molecule has 0 spiro atoms. The average molecular weight is 1070 g/mol. The van der Waals surface area contributed by atoms with Gasteiger partial charge in [0, 0.05) is 44.6 Å².